The highest BCUT2D eigenvalue weighted by atomic mass is 19.2. The first-order valence-corrected chi connectivity index (χ1v) is 6.97. The number of halogens is 3. The Morgan fingerprint density at radius 1 is 1.20 bits per heavy atom. The zero-order valence-corrected chi connectivity index (χ0v) is 11.0. The molecule has 2 fully saturated rings. The van der Waals surface area contributed by atoms with Crippen molar-refractivity contribution < 1.29 is 23.0 Å². The van der Waals surface area contributed by atoms with Crippen molar-refractivity contribution in [2.24, 2.45) is 5.92 Å². The molecule has 2 unspecified atom stereocenters. The molecular formula is C15H17F3O2. The molecule has 1 heterocycles. The summed E-state index contributed by atoms with van der Waals surface area (Å²) in [6.07, 6.45) is 3.41. The van der Waals surface area contributed by atoms with Crippen LogP contribution in [0.3, 0.4) is 0 Å². The Kier molecular flexibility index (Phi) is 3.50. The van der Waals surface area contributed by atoms with E-state index in [0.29, 0.717) is 19.4 Å². The van der Waals surface area contributed by atoms with E-state index in [-0.39, 0.29) is 17.1 Å². The number of benzene rings is 1. The van der Waals surface area contributed by atoms with Gasteiger partial charge in [0, 0.05) is 6.61 Å². The molecule has 2 atom stereocenters. The highest BCUT2D eigenvalue weighted by molar-refractivity contribution is 5.22. The molecule has 1 aromatic carbocycles. The Hall–Kier alpha value is -1.07. The fourth-order valence-electron chi connectivity index (χ4n) is 3.27. The van der Waals surface area contributed by atoms with Crippen LogP contribution in [0.5, 0.6) is 0 Å². The molecule has 2 aliphatic rings. The van der Waals surface area contributed by atoms with Crippen molar-refractivity contribution in [3.63, 3.8) is 0 Å². The van der Waals surface area contributed by atoms with Crippen LogP contribution in [-0.2, 0) is 4.74 Å². The SMILES string of the molecule is OC(c1cc(F)c(F)c(F)c1)C1CCOC2(CCC2)C1. The number of rotatable bonds is 2. The molecule has 0 bridgehead atoms. The van der Waals surface area contributed by atoms with Crippen molar-refractivity contribution in [3.05, 3.63) is 35.1 Å². The summed E-state index contributed by atoms with van der Waals surface area (Å²) >= 11 is 0. The quantitative estimate of drug-likeness (QED) is 0.843. The molecule has 0 aromatic heterocycles. The molecule has 5 heteroatoms. The van der Waals surface area contributed by atoms with E-state index in [1.807, 2.05) is 0 Å². The molecule has 20 heavy (non-hydrogen) atoms. The number of ether oxygens (including phenoxy) is 1. The molecule has 1 aliphatic carbocycles. The lowest BCUT2D eigenvalue weighted by molar-refractivity contribution is -0.157. The van der Waals surface area contributed by atoms with Crippen molar-refractivity contribution in [1.82, 2.24) is 0 Å². The highest BCUT2D eigenvalue weighted by Crippen LogP contribution is 2.47. The summed E-state index contributed by atoms with van der Waals surface area (Å²) in [6, 6.07) is 1.76. The van der Waals surface area contributed by atoms with Gasteiger partial charge in [0.1, 0.15) is 0 Å². The van der Waals surface area contributed by atoms with E-state index >= 15 is 0 Å². The maximum absolute atomic E-state index is 13.2. The van der Waals surface area contributed by atoms with Gasteiger partial charge in [0.15, 0.2) is 17.5 Å². The van der Waals surface area contributed by atoms with Gasteiger partial charge in [0.25, 0.3) is 0 Å². The topological polar surface area (TPSA) is 29.5 Å². The second-order valence-electron chi connectivity index (χ2n) is 5.88. The molecule has 1 N–H and O–H groups in total. The Morgan fingerprint density at radius 3 is 2.40 bits per heavy atom. The van der Waals surface area contributed by atoms with E-state index in [1.165, 1.54) is 0 Å². The van der Waals surface area contributed by atoms with Crippen LogP contribution in [0.25, 0.3) is 0 Å². The van der Waals surface area contributed by atoms with Crippen LogP contribution in [0.1, 0.15) is 43.8 Å². The summed E-state index contributed by atoms with van der Waals surface area (Å²) in [5.41, 5.74) is -0.0520. The van der Waals surface area contributed by atoms with Gasteiger partial charge in [-0.15, -0.1) is 0 Å². The lowest BCUT2D eigenvalue weighted by Gasteiger charge is -2.48. The molecule has 1 aliphatic heterocycles. The number of aliphatic hydroxyl groups is 1. The summed E-state index contributed by atoms with van der Waals surface area (Å²) in [5, 5.41) is 10.3. The molecule has 1 saturated heterocycles. The minimum absolute atomic E-state index is 0.0998. The Balaban J connectivity index is 1.79. The number of aliphatic hydroxyl groups excluding tert-OH is 1. The van der Waals surface area contributed by atoms with E-state index in [1.54, 1.807) is 0 Å². The molecular weight excluding hydrogens is 269 g/mol. The largest absolute Gasteiger partial charge is 0.388 e. The molecule has 1 aromatic rings. The minimum atomic E-state index is -1.50. The zero-order valence-electron chi connectivity index (χ0n) is 11.0. The molecule has 1 saturated carbocycles. The summed E-state index contributed by atoms with van der Waals surface area (Å²) in [4.78, 5) is 0. The third kappa shape index (κ3) is 2.33. The van der Waals surface area contributed by atoms with Gasteiger partial charge < -0.3 is 9.84 Å². The molecule has 2 nitrogen and oxygen atoms in total. The smallest absolute Gasteiger partial charge is 0.194 e. The van der Waals surface area contributed by atoms with Crippen molar-refractivity contribution >= 4 is 0 Å². The van der Waals surface area contributed by atoms with Gasteiger partial charge in [-0.1, -0.05) is 0 Å². The van der Waals surface area contributed by atoms with Gasteiger partial charge in [-0.05, 0) is 55.7 Å². The first-order valence-electron chi connectivity index (χ1n) is 6.97. The first kappa shape index (κ1) is 13.9. The van der Waals surface area contributed by atoms with Crippen LogP contribution in [0.15, 0.2) is 12.1 Å². The van der Waals surface area contributed by atoms with Gasteiger partial charge in [-0.25, -0.2) is 13.2 Å². The monoisotopic (exact) mass is 286 g/mol. The van der Waals surface area contributed by atoms with E-state index in [4.69, 9.17) is 4.74 Å². The Labute approximate surface area is 115 Å². The average molecular weight is 286 g/mol. The second-order valence-corrected chi connectivity index (χ2v) is 5.88. The fourth-order valence-corrected chi connectivity index (χ4v) is 3.27. The molecule has 0 radical (unpaired) electrons. The number of hydrogen-bond donors (Lipinski definition) is 1. The van der Waals surface area contributed by atoms with Crippen molar-refractivity contribution in [3.8, 4) is 0 Å². The van der Waals surface area contributed by atoms with Gasteiger partial charge in [0.2, 0.25) is 0 Å². The van der Waals surface area contributed by atoms with Crippen LogP contribution in [0.2, 0.25) is 0 Å². The molecule has 110 valence electrons. The third-order valence-electron chi connectivity index (χ3n) is 4.59. The maximum Gasteiger partial charge on any atom is 0.194 e. The zero-order chi connectivity index (χ0) is 14.3. The Morgan fingerprint density at radius 2 is 1.85 bits per heavy atom. The van der Waals surface area contributed by atoms with Crippen LogP contribution in [-0.4, -0.2) is 17.3 Å². The highest BCUT2D eigenvalue weighted by Gasteiger charge is 2.44. The summed E-state index contributed by atoms with van der Waals surface area (Å²) in [6.45, 7) is 0.549. The summed E-state index contributed by atoms with van der Waals surface area (Å²) in [7, 11) is 0. The van der Waals surface area contributed by atoms with Gasteiger partial charge in [0.05, 0.1) is 11.7 Å². The normalized spacial score (nSPS) is 26.3. The van der Waals surface area contributed by atoms with E-state index in [9.17, 15) is 18.3 Å². The van der Waals surface area contributed by atoms with Crippen LogP contribution >= 0.6 is 0 Å². The molecule has 3 rings (SSSR count). The average Bonchev–Trinajstić information content (AvgIpc) is 2.42. The lowest BCUT2D eigenvalue weighted by atomic mass is 9.70. The van der Waals surface area contributed by atoms with Gasteiger partial charge >= 0.3 is 0 Å². The molecule has 1 spiro atoms. The van der Waals surface area contributed by atoms with E-state index in [0.717, 1.165) is 31.4 Å². The Bertz CT molecular complexity index is 491. The van der Waals surface area contributed by atoms with Crippen molar-refractivity contribution in [1.29, 1.82) is 0 Å². The van der Waals surface area contributed by atoms with Crippen LogP contribution in [0.4, 0.5) is 13.2 Å². The van der Waals surface area contributed by atoms with Crippen molar-refractivity contribution in [2.45, 2.75) is 43.8 Å². The van der Waals surface area contributed by atoms with Gasteiger partial charge in [-0.2, -0.15) is 0 Å². The summed E-state index contributed by atoms with van der Waals surface area (Å²) in [5.74, 6) is -4.12. The van der Waals surface area contributed by atoms with Crippen LogP contribution in [0, 0.1) is 23.4 Å². The maximum atomic E-state index is 13.2. The predicted molar refractivity (Wildman–Crippen MR) is 66.5 cm³/mol. The van der Waals surface area contributed by atoms with Crippen molar-refractivity contribution in [2.75, 3.05) is 6.61 Å². The first-order chi connectivity index (χ1) is 9.51. The third-order valence-corrected chi connectivity index (χ3v) is 4.59. The summed E-state index contributed by atoms with van der Waals surface area (Å²) < 4.78 is 45.2. The standard InChI is InChI=1S/C15H17F3O2/c16-11-6-10(7-12(17)13(11)18)14(19)9-2-5-20-15(8-9)3-1-4-15/h6-7,9,14,19H,1-5,8H2. The molecule has 0 amide bonds. The van der Waals surface area contributed by atoms with Gasteiger partial charge in [-0.3, -0.25) is 0 Å². The predicted octanol–water partition coefficient (Wildman–Crippen LogP) is 3.49. The second kappa shape index (κ2) is 5.04. The minimum Gasteiger partial charge on any atom is -0.388 e. The fraction of sp³-hybridized carbons (Fsp3) is 0.600. The van der Waals surface area contributed by atoms with E-state index in [2.05, 4.69) is 0 Å². The van der Waals surface area contributed by atoms with Crippen LogP contribution < -0.4 is 0 Å². The lowest BCUT2D eigenvalue weighted by Crippen LogP contribution is -2.46. The van der Waals surface area contributed by atoms with E-state index < -0.39 is 23.6 Å². The number of hydrogen-bond acceptors (Lipinski definition) is 2.